The lowest BCUT2D eigenvalue weighted by atomic mass is 10.2. The number of hydrogen-bond acceptors (Lipinski definition) is 3. The number of carbonyl (C=O) groups is 1. The average molecular weight is 383 g/mol. The average Bonchev–Trinajstić information content (AvgIpc) is 2.47. The van der Waals surface area contributed by atoms with Crippen LogP contribution >= 0.6 is 28.1 Å². The molecule has 0 heterocycles. The van der Waals surface area contributed by atoms with Crippen molar-refractivity contribution in [3.8, 4) is 5.75 Å². The van der Waals surface area contributed by atoms with Gasteiger partial charge in [0.05, 0.1) is 4.47 Å². The van der Waals surface area contributed by atoms with Crippen molar-refractivity contribution in [2.24, 2.45) is 5.73 Å². The number of rotatable bonds is 4. The van der Waals surface area contributed by atoms with E-state index in [9.17, 15) is 9.18 Å². The third-order valence-corrected chi connectivity index (χ3v) is 3.46. The zero-order chi connectivity index (χ0) is 16.1. The van der Waals surface area contributed by atoms with Gasteiger partial charge in [-0.1, -0.05) is 12.1 Å². The maximum Gasteiger partial charge on any atom is 0.257 e. The second kappa shape index (κ2) is 7.33. The number of ether oxygens (including phenoxy) is 1. The van der Waals surface area contributed by atoms with E-state index in [4.69, 9.17) is 10.5 Å². The Bertz CT molecular complexity index is 707. The van der Waals surface area contributed by atoms with Crippen molar-refractivity contribution in [1.82, 2.24) is 5.32 Å². The second-order valence-corrected chi connectivity index (χ2v) is 5.67. The molecule has 0 unspecified atom stereocenters. The Morgan fingerprint density at radius 3 is 2.55 bits per heavy atom. The van der Waals surface area contributed by atoms with Crippen molar-refractivity contribution in [3.05, 3.63) is 63.9 Å². The number of amides is 1. The number of benzene rings is 2. The van der Waals surface area contributed by atoms with Crippen LogP contribution in [0, 0.1) is 5.82 Å². The minimum atomic E-state index is -0.390. The van der Waals surface area contributed by atoms with E-state index >= 15 is 0 Å². The maximum absolute atomic E-state index is 12.8. The highest BCUT2D eigenvalue weighted by Gasteiger charge is 2.10. The van der Waals surface area contributed by atoms with E-state index in [1.165, 1.54) is 12.1 Å². The van der Waals surface area contributed by atoms with Crippen molar-refractivity contribution >= 4 is 39.2 Å². The summed E-state index contributed by atoms with van der Waals surface area (Å²) >= 11 is 7.96. The SMILES string of the molecule is NC(=S)NC(=O)c1ccc(OCc2ccc(F)cc2)c(Br)c1. The molecular formula is C15H12BrFN2O2S. The number of nitrogens with two attached hydrogens (primary N) is 1. The first kappa shape index (κ1) is 16.4. The molecule has 2 rings (SSSR count). The van der Waals surface area contributed by atoms with Crippen molar-refractivity contribution in [2.45, 2.75) is 6.61 Å². The summed E-state index contributed by atoms with van der Waals surface area (Å²) in [6.07, 6.45) is 0. The van der Waals surface area contributed by atoms with Crippen LogP contribution in [0.15, 0.2) is 46.9 Å². The van der Waals surface area contributed by atoms with Gasteiger partial charge in [0.25, 0.3) is 5.91 Å². The number of nitrogens with one attached hydrogen (secondary N) is 1. The van der Waals surface area contributed by atoms with Crippen molar-refractivity contribution in [1.29, 1.82) is 0 Å². The molecule has 22 heavy (non-hydrogen) atoms. The fraction of sp³-hybridized carbons (Fsp3) is 0.0667. The van der Waals surface area contributed by atoms with E-state index in [-0.39, 0.29) is 17.5 Å². The molecule has 0 fully saturated rings. The van der Waals surface area contributed by atoms with E-state index in [2.05, 4.69) is 33.5 Å². The van der Waals surface area contributed by atoms with Gasteiger partial charge in [0, 0.05) is 5.56 Å². The van der Waals surface area contributed by atoms with Crippen LogP contribution in [0.25, 0.3) is 0 Å². The Kier molecular flexibility index (Phi) is 5.46. The van der Waals surface area contributed by atoms with Crippen molar-refractivity contribution in [2.75, 3.05) is 0 Å². The number of halogens is 2. The first-order valence-electron chi connectivity index (χ1n) is 6.23. The quantitative estimate of drug-likeness (QED) is 0.797. The van der Waals surface area contributed by atoms with E-state index in [0.717, 1.165) is 5.56 Å². The van der Waals surface area contributed by atoms with Crippen LogP contribution < -0.4 is 15.8 Å². The van der Waals surface area contributed by atoms with E-state index in [1.54, 1.807) is 30.3 Å². The first-order valence-corrected chi connectivity index (χ1v) is 7.43. The zero-order valence-corrected chi connectivity index (χ0v) is 13.7. The molecule has 0 saturated carbocycles. The summed E-state index contributed by atoms with van der Waals surface area (Å²) in [5, 5.41) is 2.26. The maximum atomic E-state index is 12.8. The summed E-state index contributed by atoms with van der Waals surface area (Å²) in [5.74, 6) is -0.118. The van der Waals surface area contributed by atoms with Gasteiger partial charge in [0.2, 0.25) is 0 Å². The molecule has 114 valence electrons. The van der Waals surface area contributed by atoms with Crippen LogP contribution in [-0.4, -0.2) is 11.0 Å². The summed E-state index contributed by atoms with van der Waals surface area (Å²) in [6, 6.07) is 10.9. The Hall–Kier alpha value is -1.99. The zero-order valence-electron chi connectivity index (χ0n) is 11.3. The largest absolute Gasteiger partial charge is 0.488 e. The van der Waals surface area contributed by atoms with Crippen LogP contribution in [0.1, 0.15) is 15.9 Å². The fourth-order valence-corrected chi connectivity index (χ4v) is 2.27. The topological polar surface area (TPSA) is 64.3 Å². The standard InChI is InChI=1S/C15H12BrFN2O2S/c16-12-7-10(14(20)19-15(18)22)3-6-13(12)21-8-9-1-4-11(17)5-2-9/h1-7H,8H2,(H3,18,19,20,22). The third-order valence-electron chi connectivity index (χ3n) is 2.74. The van der Waals surface area contributed by atoms with Gasteiger partial charge in [-0.3, -0.25) is 10.1 Å². The van der Waals surface area contributed by atoms with Gasteiger partial charge in [-0.25, -0.2) is 4.39 Å². The molecule has 0 aliphatic heterocycles. The summed E-state index contributed by atoms with van der Waals surface area (Å²) in [7, 11) is 0. The van der Waals surface area contributed by atoms with Crippen LogP contribution in [0.5, 0.6) is 5.75 Å². The van der Waals surface area contributed by atoms with E-state index in [1.807, 2.05) is 0 Å². The third kappa shape index (κ3) is 4.51. The van der Waals surface area contributed by atoms with Gasteiger partial charge >= 0.3 is 0 Å². The van der Waals surface area contributed by atoms with Crippen LogP contribution in [0.4, 0.5) is 4.39 Å². The van der Waals surface area contributed by atoms with Crippen molar-refractivity contribution < 1.29 is 13.9 Å². The summed E-state index contributed by atoms with van der Waals surface area (Å²) in [5.41, 5.74) is 6.49. The molecule has 0 aliphatic rings. The smallest absolute Gasteiger partial charge is 0.257 e. The van der Waals surface area contributed by atoms with Gasteiger partial charge < -0.3 is 10.5 Å². The molecule has 3 N–H and O–H groups in total. The number of carbonyl (C=O) groups excluding carboxylic acids is 1. The summed E-state index contributed by atoms with van der Waals surface area (Å²) in [6.45, 7) is 0.289. The fourth-order valence-electron chi connectivity index (χ4n) is 1.68. The lowest BCUT2D eigenvalue weighted by Crippen LogP contribution is -2.34. The molecule has 0 aliphatic carbocycles. The Morgan fingerprint density at radius 2 is 1.95 bits per heavy atom. The monoisotopic (exact) mass is 382 g/mol. The Balaban J connectivity index is 2.05. The summed E-state index contributed by atoms with van der Waals surface area (Å²) < 4.78 is 19.1. The van der Waals surface area contributed by atoms with Crippen LogP contribution in [-0.2, 0) is 6.61 Å². The Morgan fingerprint density at radius 1 is 1.27 bits per heavy atom. The number of hydrogen-bond donors (Lipinski definition) is 2. The Labute approximate surface area is 140 Å². The molecule has 0 radical (unpaired) electrons. The highest BCUT2D eigenvalue weighted by atomic mass is 79.9. The summed E-state index contributed by atoms with van der Waals surface area (Å²) in [4.78, 5) is 11.8. The predicted octanol–water partition coefficient (Wildman–Crippen LogP) is 3.14. The lowest BCUT2D eigenvalue weighted by Gasteiger charge is -2.10. The number of thiocarbonyl (C=S) groups is 1. The molecule has 1 amide bonds. The predicted molar refractivity (Wildman–Crippen MR) is 89.1 cm³/mol. The molecule has 4 nitrogen and oxygen atoms in total. The first-order chi connectivity index (χ1) is 10.5. The minimum Gasteiger partial charge on any atom is -0.488 e. The molecule has 0 bridgehead atoms. The molecule has 2 aromatic rings. The second-order valence-electron chi connectivity index (χ2n) is 4.38. The van der Waals surface area contributed by atoms with Gasteiger partial charge in [-0.05, 0) is 64.0 Å². The normalized spacial score (nSPS) is 10.1. The van der Waals surface area contributed by atoms with Gasteiger partial charge in [-0.15, -0.1) is 0 Å². The molecule has 0 saturated heterocycles. The molecule has 7 heteroatoms. The minimum absolute atomic E-state index is 0.0854. The van der Waals surface area contributed by atoms with E-state index in [0.29, 0.717) is 15.8 Å². The highest BCUT2D eigenvalue weighted by molar-refractivity contribution is 9.10. The molecule has 0 spiro atoms. The molecule has 2 aromatic carbocycles. The molecule has 0 aromatic heterocycles. The molecular weight excluding hydrogens is 371 g/mol. The highest BCUT2D eigenvalue weighted by Crippen LogP contribution is 2.26. The van der Waals surface area contributed by atoms with E-state index < -0.39 is 5.91 Å². The lowest BCUT2D eigenvalue weighted by molar-refractivity contribution is 0.0977. The van der Waals surface area contributed by atoms with Gasteiger partial charge in [0.15, 0.2) is 5.11 Å². The van der Waals surface area contributed by atoms with Crippen molar-refractivity contribution in [3.63, 3.8) is 0 Å². The van der Waals surface area contributed by atoms with Crippen LogP contribution in [0.3, 0.4) is 0 Å². The van der Waals surface area contributed by atoms with Crippen LogP contribution in [0.2, 0.25) is 0 Å². The van der Waals surface area contributed by atoms with Gasteiger partial charge in [-0.2, -0.15) is 0 Å². The molecule has 0 atom stereocenters. The van der Waals surface area contributed by atoms with Gasteiger partial charge in [0.1, 0.15) is 18.2 Å².